The summed E-state index contributed by atoms with van der Waals surface area (Å²) >= 11 is 1.85. The van der Waals surface area contributed by atoms with E-state index in [4.69, 9.17) is 5.11 Å². The molecule has 0 aliphatic heterocycles. The van der Waals surface area contributed by atoms with Crippen molar-refractivity contribution < 1.29 is 9.90 Å². The third-order valence-electron chi connectivity index (χ3n) is 3.30. The topological polar surface area (TPSA) is 49.3 Å². The van der Waals surface area contributed by atoms with Crippen LogP contribution in [-0.2, 0) is 4.79 Å². The summed E-state index contributed by atoms with van der Waals surface area (Å²) in [4.78, 5) is 12.0. The predicted octanol–water partition coefficient (Wildman–Crippen LogP) is 3.65. The van der Waals surface area contributed by atoms with Gasteiger partial charge in [0.1, 0.15) is 0 Å². The molecule has 0 heterocycles. The van der Waals surface area contributed by atoms with Gasteiger partial charge in [-0.1, -0.05) is 31.5 Å². The van der Waals surface area contributed by atoms with E-state index in [1.807, 2.05) is 17.8 Å². The summed E-state index contributed by atoms with van der Waals surface area (Å²) in [7, 11) is 0. The Morgan fingerprint density at radius 2 is 1.95 bits per heavy atom. The second-order valence-corrected chi connectivity index (χ2v) is 6.36. The maximum atomic E-state index is 10.7. The van der Waals surface area contributed by atoms with Gasteiger partial charge in [0.2, 0.25) is 0 Å². The first-order valence-electron chi connectivity index (χ1n) is 7.23. The zero-order chi connectivity index (χ0) is 14.8. The molecule has 2 unspecified atom stereocenters. The number of carboxylic acid groups (broad SMARTS) is 1. The standard InChI is InChI=1S/C16H25NO2S/c1-13(16(18)19)7-6-8-14(2)17-11-12-20-15-9-4-3-5-10-15/h3-5,9-10,13-14,17H,6-8,11-12H2,1-2H3,(H,18,19). The van der Waals surface area contributed by atoms with Gasteiger partial charge in [0, 0.05) is 23.2 Å². The van der Waals surface area contributed by atoms with Crippen LogP contribution in [0.1, 0.15) is 33.1 Å². The highest BCUT2D eigenvalue weighted by atomic mass is 32.2. The van der Waals surface area contributed by atoms with Gasteiger partial charge in [0.05, 0.1) is 5.92 Å². The molecular weight excluding hydrogens is 270 g/mol. The zero-order valence-corrected chi connectivity index (χ0v) is 13.2. The summed E-state index contributed by atoms with van der Waals surface area (Å²) < 4.78 is 0. The Balaban J connectivity index is 2.03. The Kier molecular flexibility index (Phi) is 8.38. The molecule has 1 rings (SSSR count). The van der Waals surface area contributed by atoms with Crippen LogP contribution in [-0.4, -0.2) is 29.4 Å². The van der Waals surface area contributed by atoms with E-state index < -0.39 is 5.97 Å². The maximum absolute atomic E-state index is 10.7. The van der Waals surface area contributed by atoms with Crippen molar-refractivity contribution in [2.24, 2.45) is 5.92 Å². The highest BCUT2D eigenvalue weighted by Gasteiger charge is 2.10. The van der Waals surface area contributed by atoms with Crippen molar-refractivity contribution in [3.05, 3.63) is 30.3 Å². The summed E-state index contributed by atoms with van der Waals surface area (Å²) in [6.45, 7) is 4.92. The van der Waals surface area contributed by atoms with Gasteiger partial charge >= 0.3 is 5.97 Å². The third-order valence-corrected chi connectivity index (χ3v) is 4.32. The number of thioether (sulfide) groups is 1. The van der Waals surface area contributed by atoms with Gasteiger partial charge in [0.15, 0.2) is 0 Å². The molecule has 0 aliphatic rings. The second-order valence-electron chi connectivity index (χ2n) is 5.19. The number of nitrogens with one attached hydrogen (secondary N) is 1. The molecule has 0 aliphatic carbocycles. The molecule has 0 spiro atoms. The lowest BCUT2D eigenvalue weighted by atomic mass is 10.0. The molecule has 0 aromatic heterocycles. The van der Waals surface area contributed by atoms with E-state index >= 15 is 0 Å². The molecule has 2 N–H and O–H groups in total. The Hall–Kier alpha value is -1.00. The van der Waals surface area contributed by atoms with Gasteiger partial charge in [-0.3, -0.25) is 4.79 Å². The first-order chi connectivity index (χ1) is 9.59. The van der Waals surface area contributed by atoms with E-state index in [-0.39, 0.29) is 5.92 Å². The molecular formula is C16H25NO2S. The number of benzene rings is 1. The molecule has 0 radical (unpaired) electrons. The highest BCUT2D eigenvalue weighted by molar-refractivity contribution is 7.99. The Bertz CT molecular complexity index is 383. The van der Waals surface area contributed by atoms with Crippen molar-refractivity contribution in [3.63, 3.8) is 0 Å². The Labute approximate surface area is 126 Å². The minimum Gasteiger partial charge on any atom is -0.481 e. The average Bonchev–Trinajstić information content (AvgIpc) is 2.44. The van der Waals surface area contributed by atoms with Crippen LogP contribution in [0.25, 0.3) is 0 Å². The van der Waals surface area contributed by atoms with Gasteiger partial charge < -0.3 is 10.4 Å². The minimum absolute atomic E-state index is 0.226. The number of aliphatic carboxylic acids is 1. The van der Waals surface area contributed by atoms with Crippen molar-refractivity contribution in [2.75, 3.05) is 12.3 Å². The van der Waals surface area contributed by atoms with Crippen LogP contribution in [0.5, 0.6) is 0 Å². The van der Waals surface area contributed by atoms with Gasteiger partial charge in [-0.25, -0.2) is 0 Å². The van der Waals surface area contributed by atoms with E-state index in [0.29, 0.717) is 6.04 Å². The molecule has 0 saturated heterocycles. The average molecular weight is 295 g/mol. The summed E-state index contributed by atoms with van der Waals surface area (Å²) in [5.74, 6) is 0.139. The van der Waals surface area contributed by atoms with Crippen molar-refractivity contribution in [1.29, 1.82) is 0 Å². The first kappa shape index (κ1) is 17.1. The summed E-state index contributed by atoms with van der Waals surface area (Å²) in [6.07, 6.45) is 2.77. The van der Waals surface area contributed by atoms with Crippen LogP contribution in [0, 0.1) is 5.92 Å². The SMILES string of the molecule is CC(CCCC(C)C(=O)O)NCCSc1ccccc1. The monoisotopic (exact) mass is 295 g/mol. The molecule has 0 amide bonds. The molecule has 4 heteroatoms. The largest absolute Gasteiger partial charge is 0.481 e. The molecule has 3 nitrogen and oxygen atoms in total. The predicted molar refractivity (Wildman–Crippen MR) is 85.3 cm³/mol. The van der Waals surface area contributed by atoms with E-state index in [9.17, 15) is 4.79 Å². The van der Waals surface area contributed by atoms with E-state index in [0.717, 1.165) is 31.6 Å². The fraction of sp³-hybridized carbons (Fsp3) is 0.562. The number of hydrogen-bond donors (Lipinski definition) is 2. The van der Waals surface area contributed by atoms with E-state index in [1.54, 1.807) is 6.92 Å². The van der Waals surface area contributed by atoms with Crippen LogP contribution < -0.4 is 5.32 Å². The lowest BCUT2D eigenvalue weighted by molar-refractivity contribution is -0.141. The number of carboxylic acids is 1. The molecule has 2 atom stereocenters. The molecule has 1 aromatic rings. The summed E-state index contributed by atoms with van der Waals surface area (Å²) in [5, 5.41) is 12.3. The van der Waals surface area contributed by atoms with Crippen LogP contribution in [0.3, 0.4) is 0 Å². The molecule has 0 fully saturated rings. The number of carbonyl (C=O) groups is 1. The molecule has 0 saturated carbocycles. The normalized spacial score (nSPS) is 13.9. The van der Waals surface area contributed by atoms with Crippen molar-refractivity contribution in [3.8, 4) is 0 Å². The number of hydrogen-bond acceptors (Lipinski definition) is 3. The van der Waals surface area contributed by atoms with Crippen LogP contribution >= 0.6 is 11.8 Å². The van der Waals surface area contributed by atoms with Crippen molar-refractivity contribution in [2.45, 2.75) is 44.0 Å². The van der Waals surface area contributed by atoms with Gasteiger partial charge in [-0.15, -0.1) is 11.8 Å². The smallest absolute Gasteiger partial charge is 0.306 e. The molecule has 0 bridgehead atoms. The fourth-order valence-electron chi connectivity index (χ4n) is 1.95. The minimum atomic E-state index is -0.690. The third kappa shape index (κ3) is 7.56. The van der Waals surface area contributed by atoms with Crippen LogP contribution in [0.2, 0.25) is 0 Å². The Morgan fingerprint density at radius 1 is 1.25 bits per heavy atom. The lowest BCUT2D eigenvalue weighted by Crippen LogP contribution is -2.28. The van der Waals surface area contributed by atoms with Crippen molar-refractivity contribution in [1.82, 2.24) is 5.32 Å². The maximum Gasteiger partial charge on any atom is 0.306 e. The van der Waals surface area contributed by atoms with Crippen molar-refractivity contribution >= 4 is 17.7 Å². The van der Waals surface area contributed by atoms with E-state index in [1.165, 1.54) is 4.90 Å². The quantitative estimate of drug-likeness (QED) is 0.511. The van der Waals surface area contributed by atoms with E-state index in [2.05, 4.69) is 36.5 Å². The van der Waals surface area contributed by atoms with Crippen LogP contribution in [0.4, 0.5) is 0 Å². The fourth-order valence-corrected chi connectivity index (χ4v) is 2.75. The second kappa shape index (κ2) is 9.83. The molecule has 112 valence electrons. The highest BCUT2D eigenvalue weighted by Crippen LogP contribution is 2.16. The first-order valence-corrected chi connectivity index (χ1v) is 8.22. The van der Waals surface area contributed by atoms with Gasteiger partial charge in [0.25, 0.3) is 0 Å². The molecule has 1 aromatic carbocycles. The van der Waals surface area contributed by atoms with Crippen LogP contribution in [0.15, 0.2) is 35.2 Å². The number of rotatable bonds is 10. The van der Waals surface area contributed by atoms with Gasteiger partial charge in [-0.2, -0.15) is 0 Å². The van der Waals surface area contributed by atoms with Gasteiger partial charge in [-0.05, 0) is 31.9 Å². The lowest BCUT2D eigenvalue weighted by Gasteiger charge is -2.14. The zero-order valence-electron chi connectivity index (χ0n) is 12.3. The molecule has 20 heavy (non-hydrogen) atoms. The summed E-state index contributed by atoms with van der Waals surface area (Å²) in [6, 6.07) is 10.8. The Morgan fingerprint density at radius 3 is 2.60 bits per heavy atom. The summed E-state index contributed by atoms with van der Waals surface area (Å²) in [5.41, 5.74) is 0.